The normalized spacial score (nSPS) is 13.8. The molecule has 1 amide bonds. The molecule has 1 fully saturated rings. The van der Waals surface area contributed by atoms with Gasteiger partial charge in [0.05, 0.1) is 34.8 Å². The van der Waals surface area contributed by atoms with Crippen molar-refractivity contribution in [2.75, 3.05) is 0 Å². The molecule has 1 saturated carbocycles. The molecular weight excluding hydrogens is 371 g/mol. The zero-order chi connectivity index (χ0) is 19.1. The molecule has 140 valence electrons. The SMILES string of the molecule is Cc1c(C(=O)NCc2c(C3CC3)cnn2C)nnn1-c1ccc(F)c(Cl)c1. The molecular formula is C18H18ClFN6O. The summed E-state index contributed by atoms with van der Waals surface area (Å²) < 4.78 is 16.6. The topological polar surface area (TPSA) is 77.6 Å². The first-order chi connectivity index (χ1) is 13.0. The van der Waals surface area contributed by atoms with Crippen LogP contribution >= 0.6 is 11.6 Å². The molecule has 4 rings (SSSR count). The highest BCUT2D eigenvalue weighted by molar-refractivity contribution is 6.30. The van der Waals surface area contributed by atoms with Gasteiger partial charge in [0.1, 0.15) is 5.82 Å². The van der Waals surface area contributed by atoms with E-state index in [1.54, 1.807) is 11.6 Å². The third kappa shape index (κ3) is 3.32. The molecule has 0 atom stereocenters. The zero-order valence-electron chi connectivity index (χ0n) is 14.9. The third-order valence-electron chi connectivity index (χ3n) is 4.78. The molecule has 2 heterocycles. The van der Waals surface area contributed by atoms with Crippen LogP contribution in [0.4, 0.5) is 4.39 Å². The maximum absolute atomic E-state index is 13.4. The first-order valence-electron chi connectivity index (χ1n) is 8.62. The summed E-state index contributed by atoms with van der Waals surface area (Å²) in [4.78, 5) is 12.6. The summed E-state index contributed by atoms with van der Waals surface area (Å²) in [6, 6.07) is 4.22. The molecule has 0 unspecified atom stereocenters. The first kappa shape index (κ1) is 17.7. The molecule has 0 aliphatic heterocycles. The second-order valence-electron chi connectivity index (χ2n) is 6.66. The summed E-state index contributed by atoms with van der Waals surface area (Å²) in [5.41, 5.74) is 3.49. The highest BCUT2D eigenvalue weighted by atomic mass is 35.5. The van der Waals surface area contributed by atoms with Gasteiger partial charge in [-0.15, -0.1) is 5.10 Å². The van der Waals surface area contributed by atoms with Crippen molar-refractivity contribution in [3.8, 4) is 5.69 Å². The number of carbonyl (C=O) groups excluding carboxylic acids is 1. The number of hydrogen-bond acceptors (Lipinski definition) is 4. The van der Waals surface area contributed by atoms with Crippen LogP contribution in [0, 0.1) is 12.7 Å². The molecule has 0 radical (unpaired) electrons. The van der Waals surface area contributed by atoms with Crippen LogP contribution in [0.5, 0.6) is 0 Å². The highest BCUT2D eigenvalue weighted by Gasteiger charge is 2.28. The minimum atomic E-state index is -0.515. The van der Waals surface area contributed by atoms with E-state index in [1.165, 1.54) is 41.3 Å². The maximum atomic E-state index is 13.4. The molecule has 1 aliphatic carbocycles. The van der Waals surface area contributed by atoms with E-state index in [0.717, 1.165) is 5.69 Å². The molecule has 27 heavy (non-hydrogen) atoms. The number of nitrogens with one attached hydrogen (secondary N) is 1. The van der Waals surface area contributed by atoms with E-state index in [4.69, 9.17) is 11.6 Å². The van der Waals surface area contributed by atoms with Gasteiger partial charge in [0.25, 0.3) is 5.91 Å². The van der Waals surface area contributed by atoms with Gasteiger partial charge >= 0.3 is 0 Å². The Labute approximate surface area is 160 Å². The van der Waals surface area contributed by atoms with Gasteiger partial charge in [-0.3, -0.25) is 9.48 Å². The predicted octanol–water partition coefficient (Wildman–Crippen LogP) is 2.91. The molecule has 3 aromatic rings. The van der Waals surface area contributed by atoms with Gasteiger partial charge in [0.15, 0.2) is 5.69 Å². The second kappa shape index (κ2) is 6.77. The van der Waals surface area contributed by atoms with Gasteiger partial charge < -0.3 is 5.32 Å². The molecule has 1 N–H and O–H groups in total. The number of aromatic nitrogens is 5. The number of carbonyl (C=O) groups is 1. The van der Waals surface area contributed by atoms with Crippen LogP contribution < -0.4 is 5.32 Å². The predicted molar refractivity (Wildman–Crippen MR) is 97.4 cm³/mol. The van der Waals surface area contributed by atoms with Crippen LogP contribution in [0.15, 0.2) is 24.4 Å². The molecule has 2 aromatic heterocycles. The fraction of sp³-hybridized carbons (Fsp3) is 0.333. The fourth-order valence-corrected chi connectivity index (χ4v) is 3.26. The van der Waals surface area contributed by atoms with Crippen LogP contribution in [-0.4, -0.2) is 30.7 Å². The maximum Gasteiger partial charge on any atom is 0.274 e. The summed E-state index contributed by atoms with van der Waals surface area (Å²) >= 11 is 5.83. The zero-order valence-corrected chi connectivity index (χ0v) is 15.7. The van der Waals surface area contributed by atoms with Crippen LogP contribution in [0.3, 0.4) is 0 Å². The average molecular weight is 389 g/mol. The number of aryl methyl sites for hydroxylation is 1. The molecule has 0 spiro atoms. The Morgan fingerprint density at radius 2 is 2.19 bits per heavy atom. The standard InChI is InChI=1S/C18H18ClFN6O/c1-10-17(23-24-26(10)12-5-6-15(20)14(19)7-12)18(27)21-9-16-13(11-3-4-11)8-22-25(16)2/h5-8,11H,3-4,9H2,1-2H3,(H,21,27). The number of rotatable bonds is 5. The largest absolute Gasteiger partial charge is 0.345 e. The molecule has 9 heteroatoms. The number of benzene rings is 1. The molecule has 1 aromatic carbocycles. The Bertz CT molecular complexity index is 1020. The minimum Gasteiger partial charge on any atom is -0.345 e. The summed E-state index contributed by atoms with van der Waals surface area (Å²) in [5, 5.41) is 15.1. The molecule has 0 saturated heterocycles. The second-order valence-corrected chi connectivity index (χ2v) is 7.07. The lowest BCUT2D eigenvalue weighted by Gasteiger charge is -2.08. The lowest BCUT2D eigenvalue weighted by molar-refractivity contribution is 0.0944. The van der Waals surface area contributed by atoms with Crippen molar-refractivity contribution in [2.45, 2.75) is 32.2 Å². The highest BCUT2D eigenvalue weighted by Crippen LogP contribution is 2.41. The van der Waals surface area contributed by atoms with Crippen LogP contribution in [-0.2, 0) is 13.6 Å². The van der Waals surface area contributed by atoms with Crippen LogP contribution in [0.25, 0.3) is 5.69 Å². The monoisotopic (exact) mass is 388 g/mol. The average Bonchev–Trinajstić information content (AvgIpc) is 3.32. The van der Waals surface area contributed by atoms with E-state index in [9.17, 15) is 9.18 Å². The van der Waals surface area contributed by atoms with Crippen molar-refractivity contribution in [2.24, 2.45) is 7.05 Å². The van der Waals surface area contributed by atoms with Gasteiger partial charge in [0.2, 0.25) is 0 Å². The van der Waals surface area contributed by atoms with Crippen LogP contribution in [0.1, 0.15) is 46.2 Å². The number of amides is 1. The summed E-state index contributed by atoms with van der Waals surface area (Å²) in [6.07, 6.45) is 4.21. The van der Waals surface area contributed by atoms with E-state index in [0.29, 0.717) is 23.8 Å². The lowest BCUT2D eigenvalue weighted by Crippen LogP contribution is -2.25. The molecule has 1 aliphatic rings. The van der Waals surface area contributed by atoms with Crippen molar-refractivity contribution in [3.63, 3.8) is 0 Å². The van der Waals surface area contributed by atoms with E-state index >= 15 is 0 Å². The third-order valence-corrected chi connectivity index (χ3v) is 5.07. The fourth-order valence-electron chi connectivity index (χ4n) is 3.08. The smallest absolute Gasteiger partial charge is 0.274 e. The van der Waals surface area contributed by atoms with Gasteiger partial charge in [-0.1, -0.05) is 16.8 Å². The van der Waals surface area contributed by atoms with Crippen molar-refractivity contribution in [1.29, 1.82) is 0 Å². The minimum absolute atomic E-state index is 0.0165. The van der Waals surface area contributed by atoms with Crippen molar-refractivity contribution < 1.29 is 9.18 Å². The van der Waals surface area contributed by atoms with E-state index in [2.05, 4.69) is 20.7 Å². The first-order valence-corrected chi connectivity index (χ1v) is 9.00. The Morgan fingerprint density at radius 1 is 1.41 bits per heavy atom. The number of nitrogens with zero attached hydrogens (tertiary/aromatic N) is 5. The van der Waals surface area contributed by atoms with Gasteiger partial charge in [-0.2, -0.15) is 5.10 Å². The number of hydrogen-bond donors (Lipinski definition) is 1. The van der Waals surface area contributed by atoms with Gasteiger partial charge in [0, 0.05) is 7.05 Å². The quantitative estimate of drug-likeness (QED) is 0.729. The van der Waals surface area contributed by atoms with Gasteiger partial charge in [-0.25, -0.2) is 9.07 Å². The van der Waals surface area contributed by atoms with Crippen molar-refractivity contribution in [3.05, 3.63) is 57.9 Å². The Hall–Kier alpha value is -2.74. The molecule has 0 bridgehead atoms. The summed E-state index contributed by atoms with van der Waals surface area (Å²) in [7, 11) is 1.87. The Balaban J connectivity index is 1.52. The van der Waals surface area contributed by atoms with Crippen molar-refractivity contribution >= 4 is 17.5 Å². The summed E-state index contributed by atoms with van der Waals surface area (Å²) in [5.74, 6) is -0.287. The molecule has 7 nitrogen and oxygen atoms in total. The summed E-state index contributed by atoms with van der Waals surface area (Å²) in [6.45, 7) is 2.10. The Morgan fingerprint density at radius 3 is 2.89 bits per heavy atom. The van der Waals surface area contributed by atoms with Crippen LogP contribution in [0.2, 0.25) is 5.02 Å². The van der Waals surface area contributed by atoms with E-state index < -0.39 is 5.82 Å². The lowest BCUT2D eigenvalue weighted by atomic mass is 10.1. The van der Waals surface area contributed by atoms with Gasteiger partial charge in [-0.05, 0) is 49.4 Å². The van der Waals surface area contributed by atoms with Crippen molar-refractivity contribution in [1.82, 2.24) is 30.1 Å². The Kier molecular flexibility index (Phi) is 4.43. The number of halogens is 2. The van der Waals surface area contributed by atoms with E-state index in [1.807, 2.05) is 13.2 Å². The van der Waals surface area contributed by atoms with E-state index in [-0.39, 0.29) is 16.6 Å².